The van der Waals surface area contributed by atoms with Crippen LogP contribution in [0.4, 0.5) is 0 Å². The van der Waals surface area contributed by atoms with Gasteiger partial charge in [-0.1, -0.05) is 0 Å². The van der Waals surface area contributed by atoms with E-state index >= 15 is 0 Å². The average Bonchev–Trinajstić information content (AvgIpc) is 3.03. The number of rotatable bonds is 6. The lowest BCUT2D eigenvalue weighted by Gasteiger charge is -2.21. The molecule has 8 nitrogen and oxygen atoms in total. The van der Waals surface area contributed by atoms with Crippen molar-refractivity contribution in [2.75, 3.05) is 0 Å². The summed E-state index contributed by atoms with van der Waals surface area (Å²) in [6.45, 7) is -0.0187. The van der Waals surface area contributed by atoms with Crippen LogP contribution in [0.25, 0.3) is 0 Å². The highest BCUT2D eigenvalue weighted by Crippen LogP contribution is 2.20. The third kappa shape index (κ3) is 3.85. The number of nitrogens with one attached hydrogen (secondary N) is 1. The van der Waals surface area contributed by atoms with Crippen LogP contribution in [0.5, 0.6) is 0 Å². The monoisotopic (exact) mass is 344 g/mol. The fourth-order valence-corrected chi connectivity index (χ4v) is 3.07. The Labute approximate surface area is 144 Å². The van der Waals surface area contributed by atoms with Crippen LogP contribution in [0.1, 0.15) is 35.9 Å². The van der Waals surface area contributed by atoms with Crippen molar-refractivity contribution in [1.82, 2.24) is 19.9 Å². The summed E-state index contributed by atoms with van der Waals surface area (Å²) in [6, 6.07) is 1.59. The minimum absolute atomic E-state index is 0.0187. The average molecular weight is 344 g/mol. The van der Waals surface area contributed by atoms with Crippen molar-refractivity contribution in [1.29, 1.82) is 0 Å². The molecule has 0 radical (unpaired) electrons. The highest BCUT2D eigenvalue weighted by atomic mass is 16.4. The van der Waals surface area contributed by atoms with Crippen LogP contribution in [0.15, 0.2) is 30.9 Å². The second-order valence-corrected chi connectivity index (χ2v) is 6.08. The van der Waals surface area contributed by atoms with Crippen LogP contribution in [0, 0.1) is 0 Å². The Kier molecular flexibility index (Phi) is 5.08. The van der Waals surface area contributed by atoms with Gasteiger partial charge in [-0.2, -0.15) is 0 Å². The molecule has 0 saturated heterocycles. The molecule has 0 aromatic carbocycles. The van der Waals surface area contributed by atoms with Crippen molar-refractivity contribution in [3.8, 4) is 0 Å². The Bertz CT molecular complexity index is 759. The minimum Gasteiger partial charge on any atom is -0.480 e. The summed E-state index contributed by atoms with van der Waals surface area (Å²) in [7, 11) is 0. The van der Waals surface area contributed by atoms with Gasteiger partial charge in [0.25, 0.3) is 0 Å². The predicted molar refractivity (Wildman–Crippen MR) is 87.6 cm³/mol. The van der Waals surface area contributed by atoms with Gasteiger partial charge in [0, 0.05) is 18.1 Å². The van der Waals surface area contributed by atoms with Crippen molar-refractivity contribution < 1.29 is 19.8 Å². The zero-order valence-corrected chi connectivity index (χ0v) is 13.6. The van der Waals surface area contributed by atoms with Crippen molar-refractivity contribution in [2.45, 2.75) is 44.4 Å². The van der Waals surface area contributed by atoms with Gasteiger partial charge < -0.3 is 20.1 Å². The molecule has 0 saturated carbocycles. The van der Waals surface area contributed by atoms with E-state index in [2.05, 4.69) is 15.3 Å². The molecule has 0 fully saturated rings. The van der Waals surface area contributed by atoms with Crippen molar-refractivity contribution >= 4 is 11.9 Å². The van der Waals surface area contributed by atoms with E-state index in [1.54, 1.807) is 10.9 Å². The topological polar surface area (TPSA) is 117 Å². The Morgan fingerprint density at radius 3 is 2.68 bits per heavy atom. The third-order valence-corrected chi connectivity index (χ3v) is 4.37. The standard InChI is InChI=1S/C17H20N4O4/c22-14(9-21-10-19-12-3-1-2-4-13(12)21)20-15(17(24)25)16(23)11-5-7-18-8-6-11/h5-8,10,15-16,23H,1-4,9H2,(H,20,22)(H,24,25). The Hall–Kier alpha value is -2.74. The van der Waals surface area contributed by atoms with Gasteiger partial charge in [-0.3, -0.25) is 9.78 Å². The van der Waals surface area contributed by atoms with Gasteiger partial charge in [0.1, 0.15) is 12.6 Å². The molecule has 132 valence electrons. The first-order valence-electron chi connectivity index (χ1n) is 8.19. The molecule has 25 heavy (non-hydrogen) atoms. The fourth-order valence-electron chi connectivity index (χ4n) is 3.07. The minimum atomic E-state index is -1.44. The zero-order chi connectivity index (χ0) is 17.8. The molecule has 8 heteroatoms. The number of pyridine rings is 1. The molecule has 1 amide bonds. The van der Waals surface area contributed by atoms with Gasteiger partial charge in [-0.25, -0.2) is 9.78 Å². The van der Waals surface area contributed by atoms with E-state index in [-0.39, 0.29) is 6.54 Å². The summed E-state index contributed by atoms with van der Waals surface area (Å²) >= 11 is 0. The number of aryl methyl sites for hydroxylation is 1. The molecule has 2 aromatic heterocycles. The first-order chi connectivity index (χ1) is 12.1. The second kappa shape index (κ2) is 7.43. The molecule has 2 aromatic rings. The molecule has 3 rings (SSSR count). The van der Waals surface area contributed by atoms with E-state index in [1.165, 1.54) is 24.5 Å². The lowest BCUT2D eigenvalue weighted by Crippen LogP contribution is -2.46. The number of carboxylic acids is 1. The highest BCUT2D eigenvalue weighted by Gasteiger charge is 2.29. The van der Waals surface area contributed by atoms with Crippen LogP contribution in [-0.2, 0) is 29.0 Å². The highest BCUT2D eigenvalue weighted by molar-refractivity contribution is 5.84. The van der Waals surface area contributed by atoms with Gasteiger partial charge >= 0.3 is 5.97 Å². The SMILES string of the molecule is O=C(Cn1cnc2c1CCCC2)NC(C(=O)O)C(O)c1ccncc1. The van der Waals surface area contributed by atoms with Crippen molar-refractivity contribution in [3.63, 3.8) is 0 Å². The quantitative estimate of drug-likeness (QED) is 0.701. The summed E-state index contributed by atoms with van der Waals surface area (Å²) < 4.78 is 1.75. The van der Waals surface area contributed by atoms with Crippen LogP contribution in [-0.4, -0.2) is 42.7 Å². The number of carboxylic acid groups (broad SMARTS) is 1. The van der Waals surface area contributed by atoms with Crippen molar-refractivity contribution in [3.05, 3.63) is 47.8 Å². The molecule has 2 unspecified atom stereocenters. The molecule has 1 aliphatic rings. The number of aliphatic hydroxyl groups is 1. The first-order valence-corrected chi connectivity index (χ1v) is 8.19. The van der Waals surface area contributed by atoms with Crippen LogP contribution < -0.4 is 5.32 Å². The maximum atomic E-state index is 12.3. The summed E-state index contributed by atoms with van der Waals surface area (Å²) in [5.41, 5.74) is 2.41. The van der Waals surface area contributed by atoms with Crippen LogP contribution in [0.3, 0.4) is 0 Å². The fraction of sp³-hybridized carbons (Fsp3) is 0.412. The molecule has 2 atom stereocenters. The number of imidazole rings is 1. The predicted octanol–water partition coefficient (Wildman–Crippen LogP) is 0.460. The molecule has 0 bridgehead atoms. The van der Waals surface area contributed by atoms with Crippen molar-refractivity contribution in [2.24, 2.45) is 0 Å². The van der Waals surface area contributed by atoms with Gasteiger partial charge in [-0.15, -0.1) is 0 Å². The van der Waals surface area contributed by atoms with Crippen LogP contribution in [0.2, 0.25) is 0 Å². The summed E-state index contributed by atoms with van der Waals surface area (Å²) in [6.07, 6.45) is 7.08. The van der Waals surface area contributed by atoms with E-state index in [9.17, 15) is 19.8 Å². The largest absolute Gasteiger partial charge is 0.480 e. The van der Waals surface area contributed by atoms with Crippen LogP contribution >= 0.6 is 0 Å². The maximum Gasteiger partial charge on any atom is 0.329 e. The first kappa shape index (κ1) is 17.1. The summed E-state index contributed by atoms with van der Waals surface area (Å²) in [5.74, 6) is -1.78. The molecule has 1 aliphatic carbocycles. The normalized spacial score (nSPS) is 15.9. The maximum absolute atomic E-state index is 12.3. The second-order valence-electron chi connectivity index (χ2n) is 6.08. The third-order valence-electron chi connectivity index (χ3n) is 4.37. The molecule has 2 heterocycles. The Morgan fingerprint density at radius 2 is 1.96 bits per heavy atom. The number of aliphatic carboxylic acids is 1. The van der Waals surface area contributed by atoms with Gasteiger partial charge in [0.15, 0.2) is 6.04 Å². The molecular formula is C17H20N4O4. The number of hydrogen-bond donors (Lipinski definition) is 3. The Morgan fingerprint density at radius 1 is 1.24 bits per heavy atom. The number of nitrogens with zero attached hydrogens (tertiary/aromatic N) is 3. The molecule has 3 N–H and O–H groups in total. The lowest BCUT2D eigenvalue weighted by atomic mass is 10.0. The van der Waals surface area contributed by atoms with E-state index < -0.39 is 24.0 Å². The van der Waals surface area contributed by atoms with Gasteiger partial charge in [0.05, 0.1) is 12.0 Å². The molecule has 0 aliphatic heterocycles. The number of carbonyl (C=O) groups excluding carboxylic acids is 1. The van der Waals surface area contributed by atoms with Gasteiger partial charge in [0.2, 0.25) is 5.91 Å². The molecule has 0 spiro atoms. The van der Waals surface area contributed by atoms with E-state index in [4.69, 9.17) is 0 Å². The zero-order valence-electron chi connectivity index (χ0n) is 13.6. The lowest BCUT2D eigenvalue weighted by molar-refractivity contribution is -0.145. The summed E-state index contributed by atoms with van der Waals surface area (Å²) in [4.78, 5) is 31.9. The number of amides is 1. The van der Waals surface area contributed by atoms with E-state index in [0.717, 1.165) is 37.1 Å². The number of aromatic nitrogens is 3. The number of fused-ring (bicyclic) bond motifs is 1. The number of aliphatic hydroxyl groups excluding tert-OH is 1. The van der Waals surface area contributed by atoms with E-state index in [0.29, 0.717) is 5.56 Å². The van der Waals surface area contributed by atoms with E-state index in [1.807, 2.05) is 0 Å². The summed E-state index contributed by atoms with van der Waals surface area (Å²) in [5, 5.41) is 22.0. The smallest absolute Gasteiger partial charge is 0.329 e. The number of hydrogen-bond acceptors (Lipinski definition) is 5. The molecular weight excluding hydrogens is 324 g/mol. The Balaban J connectivity index is 1.69. The van der Waals surface area contributed by atoms with Gasteiger partial charge in [-0.05, 0) is 43.4 Å². The number of carbonyl (C=O) groups is 2.